The van der Waals surface area contributed by atoms with Crippen LogP contribution in [0.25, 0.3) is 16.6 Å². The number of primary amides is 1. The number of nitrogens with zero attached hydrogens (tertiary/aromatic N) is 4. The van der Waals surface area contributed by atoms with Gasteiger partial charge in [0, 0.05) is 5.39 Å². The largest absolute Gasteiger partial charge is 0.368 e. The van der Waals surface area contributed by atoms with Gasteiger partial charge in [0.05, 0.1) is 17.6 Å². The minimum Gasteiger partial charge on any atom is -0.368 e. The molecule has 0 spiro atoms. The first-order valence-corrected chi connectivity index (χ1v) is 7.73. The van der Waals surface area contributed by atoms with E-state index in [0.717, 1.165) is 15.9 Å². The van der Waals surface area contributed by atoms with Crippen molar-refractivity contribution in [3.8, 4) is 5.69 Å². The van der Waals surface area contributed by atoms with Crippen LogP contribution in [0, 0.1) is 6.92 Å². The van der Waals surface area contributed by atoms with E-state index in [4.69, 9.17) is 5.73 Å². The van der Waals surface area contributed by atoms with Gasteiger partial charge in [-0.2, -0.15) is 10.2 Å². The molecule has 0 saturated heterocycles. The van der Waals surface area contributed by atoms with Gasteiger partial charge in [0.2, 0.25) is 5.91 Å². The average Bonchev–Trinajstić information content (AvgIpc) is 2.95. The molecule has 3 aromatic rings. The smallest absolute Gasteiger partial charge is 0.293 e. The molecule has 0 unspecified atom stereocenters. The van der Waals surface area contributed by atoms with E-state index in [1.807, 2.05) is 45.0 Å². The Labute approximate surface area is 138 Å². The van der Waals surface area contributed by atoms with E-state index in [9.17, 15) is 9.59 Å². The summed E-state index contributed by atoms with van der Waals surface area (Å²) >= 11 is 0. The summed E-state index contributed by atoms with van der Waals surface area (Å²) in [5, 5.41) is 9.41. The number of carbonyl (C=O) groups is 1. The van der Waals surface area contributed by atoms with Crippen molar-refractivity contribution in [2.45, 2.75) is 33.2 Å². The fourth-order valence-corrected chi connectivity index (χ4v) is 2.76. The van der Waals surface area contributed by atoms with E-state index in [1.54, 1.807) is 10.9 Å². The second kappa shape index (κ2) is 5.92. The molecular weight excluding hydrogens is 306 g/mol. The summed E-state index contributed by atoms with van der Waals surface area (Å²) < 4.78 is 2.73. The first kappa shape index (κ1) is 15.9. The Morgan fingerprint density at radius 2 is 2.00 bits per heavy atom. The Morgan fingerprint density at radius 1 is 1.29 bits per heavy atom. The second-order valence-electron chi connectivity index (χ2n) is 6.07. The van der Waals surface area contributed by atoms with Crippen LogP contribution in [0.15, 0.2) is 35.3 Å². The number of benzene rings is 1. The van der Waals surface area contributed by atoms with Gasteiger partial charge in [-0.25, -0.2) is 9.36 Å². The van der Waals surface area contributed by atoms with E-state index in [-0.39, 0.29) is 18.0 Å². The van der Waals surface area contributed by atoms with Gasteiger partial charge in [-0.05, 0) is 24.5 Å². The molecule has 0 atom stereocenters. The molecule has 2 heterocycles. The third-order valence-electron chi connectivity index (χ3n) is 3.91. The van der Waals surface area contributed by atoms with Gasteiger partial charge in [0.1, 0.15) is 12.1 Å². The zero-order valence-electron chi connectivity index (χ0n) is 13.9. The van der Waals surface area contributed by atoms with Gasteiger partial charge in [-0.1, -0.05) is 32.0 Å². The summed E-state index contributed by atoms with van der Waals surface area (Å²) in [6, 6.07) is 7.67. The number of aryl methyl sites for hydroxylation is 1. The van der Waals surface area contributed by atoms with Crippen molar-refractivity contribution in [1.29, 1.82) is 0 Å². The number of rotatable bonds is 4. The lowest BCUT2D eigenvalue weighted by Gasteiger charge is -2.12. The topological polar surface area (TPSA) is 95.8 Å². The standard InChI is InChI=1S/C17H19N5O2/c1-10(2)15-12-8-19-22(13-7-5-4-6-11(13)3)16(12)17(24)21(20-15)9-14(18)23/h4-8,10H,9H2,1-3H3,(H2,18,23). The maximum absolute atomic E-state index is 12.8. The summed E-state index contributed by atoms with van der Waals surface area (Å²) in [4.78, 5) is 24.1. The van der Waals surface area contributed by atoms with Crippen molar-refractivity contribution in [3.05, 3.63) is 52.1 Å². The zero-order valence-corrected chi connectivity index (χ0v) is 13.9. The lowest BCUT2D eigenvalue weighted by molar-refractivity contribution is -0.118. The summed E-state index contributed by atoms with van der Waals surface area (Å²) in [6.45, 7) is 5.65. The van der Waals surface area contributed by atoms with E-state index >= 15 is 0 Å². The van der Waals surface area contributed by atoms with Crippen molar-refractivity contribution < 1.29 is 4.79 Å². The van der Waals surface area contributed by atoms with Crippen molar-refractivity contribution in [2.75, 3.05) is 0 Å². The molecule has 1 aromatic carbocycles. The molecule has 7 heteroatoms. The van der Waals surface area contributed by atoms with Gasteiger partial charge < -0.3 is 5.73 Å². The molecule has 3 rings (SSSR count). The van der Waals surface area contributed by atoms with Crippen LogP contribution in [0.4, 0.5) is 0 Å². The van der Waals surface area contributed by atoms with E-state index < -0.39 is 5.91 Å². The van der Waals surface area contributed by atoms with Crippen molar-refractivity contribution in [1.82, 2.24) is 19.6 Å². The van der Waals surface area contributed by atoms with E-state index in [1.165, 1.54) is 0 Å². The third kappa shape index (κ3) is 2.58. The summed E-state index contributed by atoms with van der Waals surface area (Å²) in [5.74, 6) is -0.539. The maximum Gasteiger partial charge on any atom is 0.293 e. The van der Waals surface area contributed by atoms with Crippen LogP contribution in [-0.2, 0) is 11.3 Å². The number of para-hydroxylation sites is 1. The maximum atomic E-state index is 12.8. The molecule has 1 amide bonds. The molecule has 0 aliphatic heterocycles. The number of aromatic nitrogens is 4. The minimum atomic E-state index is -0.611. The average molecular weight is 325 g/mol. The van der Waals surface area contributed by atoms with Crippen LogP contribution >= 0.6 is 0 Å². The first-order valence-electron chi connectivity index (χ1n) is 7.73. The highest BCUT2D eigenvalue weighted by atomic mass is 16.2. The molecule has 0 aliphatic carbocycles. The van der Waals surface area contributed by atoms with Gasteiger partial charge in [-0.15, -0.1) is 0 Å². The van der Waals surface area contributed by atoms with Crippen molar-refractivity contribution in [3.63, 3.8) is 0 Å². The quantitative estimate of drug-likeness (QED) is 0.786. The number of hydrogen-bond acceptors (Lipinski definition) is 4. The minimum absolute atomic E-state index is 0.0711. The lowest BCUT2D eigenvalue weighted by Crippen LogP contribution is -2.32. The highest BCUT2D eigenvalue weighted by Crippen LogP contribution is 2.23. The summed E-state index contributed by atoms with van der Waals surface area (Å²) in [6.07, 6.45) is 1.65. The summed E-state index contributed by atoms with van der Waals surface area (Å²) in [7, 11) is 0. The Hall–Kier alpha value is -2.96. The van der Waals surface area contributed by atoms with Crippen LogP contribution in [0.3, 0.4) is 0 Å². The van der Waals surface area contributed by atoms with Gasteiger partial charge in [-0.3, -0.25) is 9.59 Å². The fraction of sp³-hybridized carbons (Fsp3) is 0.294. The molecule has 2 aromatic heterocycles. The molecule has 24 heavy (non-hydrogen) atoms. The van der Waals surface area contributed by atoms with E-state index in [2.05, 4.69) is 10.2 Å². The molecule has 0 saturated carbocycles. The number of amides is 1. The van der Waals surface area contributed by atoms with Gasteiger partial charge in [0.25, 0.3) is 5.56 Å². The molecule has 0 bridgehead atoms. The predicted molar refractivity (Wildman–Crippen MR) is 91.1 cm³/mol. The van der Waals surface area contributed by atoms with Crippen LogP contribution in [-0.4, -0.2) is 25.5 Å². The van der Waals surface area contributed by atoms with Crippen LogP contribution in [0.2, 0.25) is 0 Å². The summed E-state index contributed by atoms with van der Waals surface area (Å²) in [5.41, 5.74) is 7.80. The Balaban J connectivity index is 2.38. The number of carbonyl (C=O) groups excluding carboxylic acids is 1. The molecule has 7 nitrogen and oxygen atoms in total. The molecule has 0 radical (unpaired) electrons. The van der Waals surface area contributed by atoms with Crippen molar-refractivity contribution in [2.24, 2.45) is 5.73 Å². The van der Waals surface area contributed by atoms with E-state index in [0.29, 0.717) is 16.6 Å². The highest BCUT2D eigenvalue weighted by molar-refractivity contribution is 5.82. The SMILES string of the molecule is Cc1ccccc1-n1ncc2c(C(C)C)nn(CC(N)=O)c(=O)c21. The van der Waals surface area contributed by atoms with Crippen molar-refractivity contribution >= 4 is 16.8 Å². The lowest BCUT2D eigenvalue weighted by atomic mass is 10.1. The first-order chi connectivity index (χ1) is 11.4. The predicted octanol–water partition coefficient (Wildman–Crippen LogP) is 1.50. The molecule has 2 N–H and O–H groups in total. The Morgan fingerprint density at radius 3 is 2.62 bits per heavy atom. The highest BCUT2D eigenvalue weighted by Gasteiger charge is 2.19. The second-order valence-corrected chi connectivity index (χ2v) is 6.07. The van der Waals surface area contributed by atoms with Crippen LogP contribution in [0.1, 0.15) is 31.0 Å². The van der Waals surface area contributed by atoms with Crippen LogP contribution < -0.4 is 11.3 Å². The fourth-order valence-electron chi connectivity index (χ4n) is 2.76. The molecule has 124 valence electrons. The third-order valence-corrected chi connectivity index (χ3v) is 3.91. The number of fused-ring (bicyclic) bond motifs is 1. The normalized spacial score (nSPS) is 11.3. The Kier molecular flexibility index (Phi) is 3.92. The molecule has 0 aliphatic rings. The molecule has 0 fully saturated rings. The van der Waals surface area contributed by atoms with Gasteiger partial charge >= 0.3 is 0 Å². The van der Waals surface area contributed by atoms with Gasteiger partial charge in [0.15, 0.2) is 0 Å². The zero-order chi connectivity index (χ0) is 17.4. The monoisotopic (exact) mass is 325 g/mol. The molecular formula is C17H19N5O2. The Bertz CT molecular complexity index is 984. The number of nitrogens with two attached hydrogens (primary N) is 1. The van der Waals surface area contributed by atoms with Crippen LogP contribution in [0.5, 0.6) is 0 Å². The number of hydrogen-bond donors (Lipinski definition) is 1.